The largest absolute Gasteiger partial charge is 0.473 e. The molecule has 1 aliphatic rings. The molecule has 6 nitrogen and oxygen atoms in total. The summed E-state index contributed by atoms with van der Waals surface area (Å²) in [5, 5.41) is 0. The van der Waals surface area contributed by atoms with Gasteiger partial charge in [0, 0.05) is 25.4 Å². The van der Waals surface area contributed by atoms with Gasteiger partial charge in [0.25, 0.3) is 0 Å². The van der Waals surface area contributed by atoms with Crippen molar-refractivity contribution >= 4 is 11.7 Å². The highest BCUT2D eigenvalue weighted by Crippen LogP contribution is 2.22. The van der Waals surface area contributed by atoms with Crippen molar-refractivity contribution in [2.24, 2.45) is 0 Å². The van der Waals surface area contributed by atoms with Crippen molar-refractivity contribution in [2.45, 2.75) is 39.4 Å². The quantitative estimate of drug-likeness (QED) is 0.815. The second kappa shape index (κ2) is 8.20. The number of hydrogen-bond acceptors (Lipinski definition) is 5. The Balaban J connectivity index is 1.61. The summed E-state index contributed by atoms with van der Waals surface area (Å²) in [6.07, 6.45) is 4.06. The van der Waals surface area contributed by atoms with E-state index >= 15 is 0 Å². The monoisotopic (exact) mass is 367 g/mol. The Kier molecular flexibility index (Phi) is 5.74. The molecule has 0 saturated carbocycles. The van der Waals surface area contributed by atoms with E-state index in [2.05, 4.69) is 9.97 Å². The molecular weight excluding hydrogens is 342 g/mol. The number of carbonyl (C=O) groups excluding carboxylic acids is 1. The lowest BCUT2D eigenvalue weighted by atomic mass is 10.1. The van der Waals surface area contributed by atoms with Crippen molar-refractivity contribution in [2.75, 3.05) is 13.1 Å². The molecule has 2 aromatic rings. The molecule has 1 aromatic carbocycles. The van der Waals surface area contributed by atoms with Crippen LogP contribution in [0.25, 0.3) is 5.57 Å². The van der Waals surface area contributed by atoms with Crippen molar-refractivity contribution in [1.82, 2.24) is 14.9 Å². The normalized spacial score (nSPS) is 14.5. The number of nitrogens with zero attached hydrogens (tertiary/aromatic N) is 3. The van der Waals surface area contributed by atoms with Crippen LogP contribution in [0.15, 0.2) is 48.7 Å². The van der Waals surface area contributed by atoms with Gasteiger partial charge in [-0.1, -0.05) is 36.4 Å². The zero-order valence-electron chi connectivity index (χ0n) is 16.0. The molecular formula is C21H25N3O3. The van der Waals surface area contributed by atoms with Crippen LogP contribution in [-0.4, -0.2) is 39.7 Å². The van der Waals surface area contributed by atoms with Crippen LogP contribution >= 0.6 is 0 Å². The van der Waals surface area contributed by atoms with E-state index in [0.717, 1.165) is 11.1 Å². The molecule has 2 heterocycles. The Morgan fingerprint density at radius 3 is 2.63 bits per heavy atom. The summed E-state index contributed by atoms with van der Waals surface area (Å²) in [6.45, 7) is 7.13. The molecule has 3 rings (SSSR count). The van der Waals surface area contributed by atoms with E-state index in [1.54, 1.807) is 17.2 Å². The van der Waals surface area contributed by atoms with Gasteiger partial charge in [-0.2, -0.15) is 4.98 Å². The summed E-state index contributed by atoms with van der Waals surface area (Å²) in [4.78, 5) is 22.7. The number of amides is 1. The fourth-order valence-corrected chi connectivity index (χ4v) is 2.67. The van der Waals surface area contributed by atoms with Crippen LogP contribution in [0, 0.1) is 0 Å². The third-order valence-electron chi connectivity index (χ3n) is 4.01. The first-order chi connectivity index (χ1) is 12.9. The molecule has 0 unspecified atom stereocenters. The van der Waals surface area contributed by atoms with Gasteiger partial charge >= 0.3 is 6.09 Å². The molecule has 0 aliphatic carbocycles. The molecule has 0 radical (unpaired) electrons. The first-order valence-electron chi connectivity index (χ1n) is 9.08. The fraction of sp³-hybridized carbons (Fsp3) is 0.381. The maximum Gasteiger partial charge on any atom is 0.410 e. The van der Waals surface area contributed by atoms with E-state index in [-0.39, 0.29) is 6.09 Å². The summed E-state index contributed by atoms with van der Waals surface area (Å²) in [7, 11) is 0. The van der Waals surface area contributed by atoms with E-state index in [1.165, 1.54) is 0 Å². The highest BCUT2D eigenvalue weighted by atomic mass is 16.6. The SMILES string of the molecule is CC(C)(C)OC(=O)N1CC=C(c2nccc(OCc3ccccc3)n2)CC1. The van der Waals surface area contributed by atoms with Crippen LogP contribution in [-0.2, 0) is 11.3 Å². The molecule has 1 aliphatic heterocycles. The number of carbonyl (C=O) groups is 1. The van der Waals surface area contributed by atoms with Gasteiger partial charge in [0.15, 0.2) is 5.82 Å². The topological polar surface area (TPSA) is 64.5 Å². The van der Waals surface area contributed by atoms with Crippen molar-refractivity contribution in [3.05, 3.63) is 60.1 Å². The van der Waals surface area contributed by atoms with Crippen molar-refractivity contribution in [3.8, 4) is 5.88 Å². The van der Waals surface area contributed by atoms with Gasteiger partial charge in [-0.15, -0.1) is 0 Å². The van der Waals surface area contributed by atoms with Crippen LogP contribution in [0.1, 0.15) is 38.6 Å². The van der Waals surface area contributed by atoms with Gasteiger partial charge in [-0.25, -0.2) is 9.78 Å². The van der Waals surface area contributed by atoms with Crippen LogP contribution in [0.2, 0.25) is 0 Å². The third kappa shape index (κ3) is 5.54. The van der Waals surface area contributed by atoms with Crippen molar-refractivity contribution in [3.63, 3.8) is 0 Å². The van der Waals surface area contributed by atoms with E-state index in [1.807, 2.05) is 57.2 Å². The Bertz CT molecular complexity index is 813. The average molecular weight is 367 g/mol. The van der Waals surface area contributed by atoms with Gasteiger partial charge in [-0.3, -0.25) is 0 Å². The van der Waals surface area contributed by atoms with E-state index < -0.39 is 5.60 Å². The molecule has 27 heavy (non-hydrogen) atoms. The lowest BCUT2D eigenvalue weighted by Crippen LogP contribution is -2.39. The van der Waals surface area contributed by atoms with Crippen LogP contribution < -0.4 is 4.74 Å². The number of aromatic nitrogens is 2. The molecule has 0 spiro atoms. The molecule has 0 fully saturated rings. The summed E-state index contributed by atoms with van der Waals surface area (Å²) in [6, 6.07) is 11.7. The van der Waals surface area contributed by atoms with E-state index in [4.69, 9.17) is 9.47 Å². The zero-order valence-corrected chi connectivity index (χ0v) is 16.0. The molecule has 0 bridgehead atoms. The van der Waals surface area contributed by atoms with Crippen LogP contribution in [0.3, 0.4) is 0 Å². The zero-order chi connectivity index (χ0) is 19.3. The predicted octanol–water partition coefficient (Wildman–Crippen LogP) is 4.08. The maximum atomic E-state index is 12.2. The number of hydrogen-bond donors (Lipinski definition) is 0. The van der Waals surface area contributed by atoms with Crippen molar-refractivity contribution in [1.29, 1.82) is 0 Å². The summed E-state index contributed by atoms with van der Waals surface area (Å²) in [5.74, 6) is 1.18. The predicted molar refractivity (Wildman–Crippen MR) is 103 cm³/mol. The highest BCUT2D eigenvalue weighted by Gasteiger charge is 2.24. The van der Waals surface area contributed by atoms with E-state index in [0.29, 0.717) is 37.8 Å². The maximum absolute atomic E-state index is 12.2. The van der Waals surface area contributed by atoms with Crippen molar-refractivity contribution < 1.29 is 14.3 Å². The first-order valence-corrected chi connectivity index (χ1v) is 9.08. The van der Waals surface area contributed by atoms with Gasteiger partial charge in [0.2, 0.25) is 5.88 Å². The summed E-state index contributed by atoms with van der Waals surface area (Å²) in [5.41, 5.74) is 1.61. The minimum Gasteiger partial charge on any atom is -0.473 e. The fourth-order valence-electron chi connectivity index (χ4n) is 2.67. The van der Waals surface area contributed by atoms with Crippen LogP contribution in [0.4, 0.5) is 4.79 Å². The molecule has 6 heteroatoms. The average Bonchev–Trinajstić information content (AvgIpc) is 2.66. The van der Waals surface area contributed by atoms with Gasteiger partial charge < -0.3 is 14.4 Å². The Labute approximate surface area is 159 Å². The number of benzene rings is 1. The summed E-state index contributed by atoms with van der Waals surface area (Å²) < 4.78 is 11.2. The second-order valence-electron chi connectivity index (χ2n) is 7.40. The standard InChI is InChI=1S/C21H25N3O3/c1-21(2,3)27-20(25)24-13-10-17(11-14-24)19-22-12-9-18(23-19)26-15-16-7-5-4-6-8-16/h4-10,12H,11,13-15H2,1-3H3. The van der Waals surface area contributed by atoms with E-state index in [9.17, 15) is 4.79 Å². The Hall–Kier alpha value is -2.89. The molecule has 1 amide bonds. The van der Waals surface area contributed by atoms with Gasteiger partial charge in [0.1, 0.15) is 12.2 Å². The molecule has 0 atom stereocenters. The lowest BCUT2D eigenvalue weighted by molar-refractivity contribution is 0.0270. The third-order valence-corrected chi connectivity index (χ3v) is 4.01. The Morgan fingerprint density at radius 1 is 1.19 bits per heavy atom. The van der Waals surface area contributed by atoms with Crippen LogP contribution in [0.5, 0.6) is 5.88 Å². The first kappa shape index (κ1) is 18.9. The Morgan fingerprint density at radius 2 is 1.96 bits per heavy atom. The molecule has 142 valence electrons. The minimum absolute atomic E-state index is 0.293. The molecule has 0 saturated heterocycles. The number of ether oxygens (including phenoxy) is 2. The second-order valence-corrected chi connectivity index (χ2v) is 7.40. The van der Waals surface area contributed by atoms with Gasteiger partial charge in [0.05, 0.1) is 0 Å². The number of rotatable bonds is 4. The van der Waals surface area contributed by atoms with Gasteiger partial charge in [-0.05, 0) is 38.3 Å². The highest BCUT2D eigenvalue weighted by molar-refractivity contribution is 5.71. The molecule has 0 N–H and O–H groups in total. The molecule has 1 aromatic heterocycles. The summed E-state index contributed by atoms with van der Waals surface area (Å²) >= 11 is 0. The lowest BCUT2D eigenvalue weighted by Gasteiger charge is -2.29. The minimum atomic E-state index is -0.491. The smallest absolute Gasteiger partial charge is 0.410 e.